The van der Waals surface area contributed by atoms with Gasteiger partial charge in [-0.05, 0) is 42.6 Å². The van der Waals surface area contributed by atoms with Crippen molar-refractivity contribution in [1.29, 1.82) is 0 Å². The van der Waals surface area contributed by atoms with Gasteiger partial charge >= 0.3 is 0 Å². The monoisotopic (exact) mass is 278 g/mol. The Morgan fingerprint density at radius 1 is 1.58 bits per heavy atom. The van der Waals surface area contributed by atoms with Gasteiger partial charge in [-0.2, -0.15) is 16.4 Å². The largest absolute Gasteiger partial charge is 0.353 e. The van der Waals surface area contributed by atoms with E-state index in [9.17, 15) is 4.79 Å². The molecule has 0 aliphatic carbocycles. The van der Waals surface area contributed by atoms with E-state index >= 15 is 0 Å². The Balaban J connectivity index is 1.87. The second-order valence-corrected chi connectivity index (χ2v) is 5.32. The van der Waals surface area contributed by atoms with Crippen LogP contribution in [-0.4, -0.2) is 41.2 Å². The summed E-state index contributed by atoms with van der Waals surface area (Å²) in [5.74, 6) is -0.0224. The molecule has 2 aromatic heterocycles. The lowest BCUT2D eigenvalue weighted by Gasteiger charge is -2.24. The van der Waals surface area contributed by atoms with Gasteiger partial charge in [0, 0.05) is 18.9 Å². The molecular weight excluding hydrogens is 260 g/mol. The van der Waals surface area contributed by atoms with Gasteiger partial charge in [-0.3, -0.25) is 9.48 Å². The Morgan fingerprint density at radius 3 is 3.00 bits per heavy atom. The molecule has 0 aliphatic heterocycles. The van der Waals surface area contributed by atoms with E-state index in [1.54, 1.807) is 34.5 Å². The topological polar surface area (TPSA) is 50.2 Å². The Kier molecular flexibility index (Phi) is 4.70. The van der Waals surface area contributed by atoms with E-state index in [4.69, 9.17) is 0 Å². The maximum absolute atomic E-state index is 11.8. The lowest BCUT2D eigenvalue weighted by Crippen LogP contribution is -2.36. The molecule has 6 heteroatoms. The van der Waals surface area contributed by atoms with Gasteiger partial charge < -0.3 is 10.2 Å². The zero-order chi connectivity index (χ0) is 13.7. The highest BCUT2D eigenvalue weighted by Crippen LogP contribution is 2.19. The van der Waals surface area contributed by atoms with E-state index in [1.807, 2.05) is 14.1 Å². The van der Waals surface area contributed by atoms with Crippen molar-refractivity contribution >= 4 is 17.2 Å². The van der Waals surface area contributed by atoms with E-state index in [-0.39, 0.29) is 18.5 Å². The Hall–Kier alpha value is -1.66. The zero-order valence-electron chi connectivity index (χ0n) is 11.1. The maximum atomic E-state index is 11.8. The highest BCUT2D eigenvalue weighted by molar-refractivity contribution is 7.07. The average Bonchev–Trinajstić information content (AvgIpc) is 3.01. The molecule has 0 aromatic carbocycles. The fourth-order valence-electron chi connectivity index (χ4n) is 1.87. The minimum Gasteiger partial charge on any atom is -0.353 e. The first kappa shape index (κ1) is 13.8. The minimum atomic E-state index is -0.0224. The van der Waals surface area contributed by atoms with Crippen molar-refractivity contribution in [2.75, 3.05) is 20.6 Å². The molecule has 0 radical (unpaired) electrons. The van der Waals surface area contributed by atoms with Crippen LogP contribution in [0.4, 0.5) is 0 Å². The van der Waals surface area contributed by atoms with Gasteiger partial charge in [-0.25, -0.2) is 0 Å². The molecule has 0 saturated carbocycles. The predicted molar refractivity (Wildman–Crippen MR) is 76.0 cm³/mol. The van der Waals surface area contributed by atoms with Gasteiger partial charge in [0.25, 0.3) is 0 Å². The van der Waals surface area contributed by atoms with Crippen LogP contribution in [0.25, 0.3) is 0 Å². The summed E-state index contributed by atoms with van der Waals surface area (Å²) >= 11 is 1.67. The third-order valence-electron chi connectivity index (χ3n) is 2.91. The number of carbonyl (C=O) groups is 1. The molecule has 2 aromatic rings. The van der Waals surface area contributed by atoms with Crippen LogP contribution in [0.1, 0.15) is 11.6 Å². The first-order chi connectivity index (χ1) is 9.16. The second-order valence-electron chi connectivity index (χ2n) is 4.54. The molecule has 0 fully saturated rings. The van der Waals surface area contributed by atoms with Gasteiger partial charge in [-0.1, -0.05) is 0 Å². The van der Waals surface area contributed by atoms with Gasteiger partial charge in [0.1, 0.15) is 6.54 Å². The number of thiophene rings is 1. The first-order valence-electron chi connectivity index (χ1n) is 6.09. The molecule has 2 heterocycles. The Bertz CT molecular complexity index is 493. The van der Waals surface area contributed by atoms with Gasteiger partial charge in [0.05, 0.1) is 6.04 Å². The first-order valence-corrected chi connectivity index (χ1v) is 7.03. The molecule has 1 unspecified atom stereocenters. The molecule has 1 N–H and O–H groups in total. The van der Waals surface area contributed by atoms with Crippen molar-refractivity contribution < 1.29 is 4.79 Å². The summed E-state index contributed by atoms with van der Waals surface area (Å²) < 4.78 is 1.62. The molecule has 0 saturated heterocycles. The summed E-state index contributed by atoms with van der Waals surface area (Å²) in [6, 6.07) is 4.10. The number of aromatic nitrogens is 2. The number of carbonyl (C=O) groups excluding carboxylic acids is 1. The van der Waals surface area contributed by atoms with E-state index in [0.29, 0.717) is 6.54 Å². The van der Waals surface area contributed by atoms with Crippen molar-refractivity contribution in [3.8, 4) is 0 Å². The third-order valence-corrected chi connectivity index (χ3v) is 3.61. The molecule has 0 spiro atoms. The molecule has 1 atom stereocenters. The average molecular weight is 278 g/mol. The second kappa shape index (κ2) is 6.49. The summed E-state index contributed by atoms with van der Waals surface area (Å²) in [7, 11) is 4.03. The SMILES string of the molecule is CN(C)C(CNC(=O)Cn1cccn1)c1ccsc1. The number of amides is 1. The maximum Gasteiger partial charge on any atom is 0.241 e. The molecule has 2 rings (SSSR count). The Labute approximate surface area is 116 Å². The highest BCUT2D eigenvalue weighted by atomic mass is 32.1. The van der Waals surface area contributed by atoms with Crippen molar-refractivity contribution in [2.24, 2.45) is 0 Å². The molecule has 0 bridgehead atoms. The number of rotatable bonds is 6. The van der Waals surface area contributed by atoms with Crippen LogP contribution in [0.3, 0.4) is 0 Å². The van der Waals surface area contributed by atoms with E-state index in [0.717, 1.165) is 0 Å². The Morgan fingerprint density at radius 2 is 2.42 bits per heavy atom. The molecule has 0 aliphatic rings. The van der Waals surface area contributed by atoms with Gasteiger partial charge in [0.2, 0.25) is 5.91 Å². The summed E-state index contributed by atoms with van der Waals surface area (Å²) in [6.45, 7) is 0.862. The summed E-state index contributed by atoms with van der Waals surface area (Å²) in [6.07, 6.45) is 3.45. The minimum absolute atomic E-state index is 0.0224. The van der Waals surface area contributed by atoms with E-state index < -0.39 is 0 Å². The molecule has 19 heavy (non-hydrogen) atoms. The van der Waals surface area contributed by atoms with Crippen molar-refractivity contribution in [3.63, 3.8) is 0 Å². The van der Waals surface area contributed by atoms with Crippen LogP contribution in [0.15, 0.2) is 35.3 Å². The normalized spacial score (nSPS) is 12.6. The van der Waals surface area contributed by atoms with Crippen LogP contribution in [0, 0.1) is 0 Å². The summed E-state index contributed by atoms with van der Waals surface area (Å²) in [5.41, 5.74) is 1.23. The predicted octanol–water partition coefficient (Wildman–Crippen LogP) is 1.36. The van der Waals surface area contributed by atoms with E-state index in [2.05, 4.69) is 32.1 Å². The number of hydrogen-bond acceptors (Lipinski definition) is 4. The number of hydrogen-bond donors (Lipinski definition) is 1. The van der Waals surface area contributed by atoms with Crippen LogP contribution < -0.4 is 5.32 Å². The lowest BCUT2D eigenvalue weighted by molar-refractivity contribution is -0.122. The summed E-state index contributed by atoms with van der Waals surface area (Å²) in [4.78, 5) is 13.9. The quantitative estimate of drug-likeness (QED) is 0.868. The molecule has 1 amide bonds. The lowest BCUT2D eigenvalue weighted by atomic mass is 10.1. The van der Waals surface area contributed by atoms with Gasteiger partial charge in [-0.15, -0.1) is 0 Å². The van der Waals surface area contributed by atoms with Crippen molar-refractivity contribution in [2.45, 2.75) is 12.6 Å². The van der Waals surface area contributed by atoms with Crippen LogP contribution >= 0.6 is 11.3 Å². The van der Waals surface area contributed by atoms with Crippen LogP contribution in [-0.2, 0) is 11.3 Å². The van der Waals surface area contributed by atoms with Crippen molar-refractivity contribution in [1.82, 2.24) is 20.0 Å². The fraction of sp³-hybridized carbons (Fsp3) is 0.385. The van der Waals surface area contributed by atoms with Crippen molar-refractivity contribution in [3.05, 3.63) is 40.8 Å². The number of nitrogens with zero attached hydrogens (tertiary/aromatic N) is 3. The number of likely N-dealkylation sites (N-methyl/N-ethyl adjacent to an activating group) is 1. The smallest absolute Gasteiger partial charge is 0.241 e. The molecular formula is C13H18N4OS. The fourth-order valence-corrected chi connectivity index (χ4v) is 2.58. The molecule has 5 nitrogen and oxygen atoms in total. The van der Waals surface area contributed by atoms with Crippen LogP contribution in [0.2, 0.25) is 0 Å². The molecule has 102 valence electrons. The standard InChI is InChI=1S/C13H18N4OS/c1-16(2)12(11-4-7-19-10-11)8-14-13(18)9-17-6-3-5-15-17/h3-7,10,12H,8-9H2,1-2H3,(H,14,18). The van der Waals surface area contributed by atoms with Gasteiger partial charge in [0.15, 0.2) is 0 Å². The van der Waals surface area contributed by atoms with Crippen LogP contribution in [0.5, 0.6) is 0 Å². The third kappa shape index (κ3) is 3.90. The van der Waals surface area contributed by atoms with E-state index in [1.165, 1.54) is 5.56 Å². The summed E-state index contributed by atoms with van der Waals surface area (Å²) in [5, 5.41) is 11.1. The number of nitrogens with one attached hydrogen (secondary N) is 1. The highest BCUT2D eigenvalue weighted by Gasteiger charge is 2.15. The zero-order valence-corrected chi connectivity index (χ0v) is 11.9.